The minimum atomic E-state index is -0.631. The van der Waals surface area contributed by atoms with E-state index < -0.39 is 12.0 Å². The quantitative estimate of drug-likeness (QED) is 0.373. The van der Waals surface area contributed by atoms with Gasteiger partial charge in [0.25, 0.3) is 0 Å². The highest BCUT2D eigenvalue weighted by atomic mass is 35.5. The van der Waals surface area contributed by atoms with Gasteiger partial charge in [0.15, 0.2) is 11.5 Å². The van der Waals surface area contributed by atoms with Crippen molar-refractivity contribution < 1.29 is 33.3 Å². The average molecular weight is 555 g/mol. The molecule has 3 aromatic rings. The van der Waals surface area contributed by atoms with Crippen molar-refractivity contribution >= 4 is 34.8 Å². The molecule has 0 aliphatic carbocycles. The highest BCUT2D eigenvalue weighted by Crippen LogP contribution is 2.46. The summed E-state index contributed by atoms with van der Waals surface area (Å²) in [5, 5.41) is 3.34. The number of halogens is 1. The molecule has 39 heavy (non-hydrogen) atoms. The van der Waals surface area contributed by atoms with Crippen LogP contribution in [0.2, 0.25) is 5.02 Å². The van der Waals surface area contributed by atoms with Gasteiger partial charge in [-0.25, -0.2) is 0 Å². The largest absolute Gasteiger partial charge is 0.497 e. The molecule has 206 valence electrons. The number of amides is 2. The third-order valence-corrected chi connectivity index (χ3v) is 7.03. The lowest BCUT2D eigenvalue weighted by Crippen LogP contribution is -2.47. The maximum absolute atomic E-state index is 13.8. The Hall–Kier alpha value is -4.11. The van der Waals surface area contributed by atoms with Crippen molar-refractivity contribution in [3.05, 3.63) is 65.2 Å². The summed E-state index contributed by atoms with van der Waals surface area (Å²) in [4.78, 5) is 28.9. The topological polar surface area (TPSA) is 95.6 Å². The van der Waals surface area contributed by atoms with E-state index in [1.807, 2.05) is 12.1 Å². The number of nitrogens with zero attached hydrogens (tertiary/aromatic N) is 1. The zero-order valence-corrected chi connectivity index (χ0v) is 23.2. The number of carbonyl (C=O) groups excluding carboxylic acids is 2. The Balaban J connectivity index is 1.79. The highest BCUT2D eigenvalue weighted by molar-refractivity contribution is 6.32. The first-order valence-corrected chi connectivity index (χ1v) is 12.6. The van der Waals surface area contributed by atoms with Gasteiger partial charge in [0.05, 0.1) is 58.2 Å². The fraction of sp³-hybridized carbons (Fsp3) is 0.310. The van der Waals surface area contributed by atoms with Gasteiger partial charge in [0.2, 0.25) is 17.6 Å². The van der Waals surface area contributed by atoms with E-state index >= 15 is 0 Å². The summed E-state index contributed by atoms with van der Waals surface area (Å²) < 4.78 is 27.1. The zero-order chi connectivity index (χ0) is 28.1. The molecule has 1 heterocycles. The Morgan fingerprint density at radius 1 is 0.846 bits per heavy atom. The van der Waals surface area contributed by atoms with Gasteiger partial charge in [-0.05, 0) is 42.3 Å². The van der Waals surface area contributed by atoms with E-state index in [-0.39, 0.29) is 18.2 Å². The number of ether oxygens (including phenoxy) is 5. The molecule has 3 aromatic carbocycles. The number of rotatable bonds is 9. The first-order chi connectivity index (χ1) is 18.8. The first-order valence-electron chi connectivity index (χ1n) is 12.3. The van der Waals surface area contributed by atoms with Crippen LogP contribution in [0.5, 0.6) is 28.7 Å². The van der Waals surface area contributed by atoms with Crippen molar-refractivity contribution in [1.82, 2.24) is 0 Å². The van der Waals surface area contributed by atoms with Gasteiger partial charge in [-0.15, -0.1) is 0 Å². The number of methoxy groups -OCH3 is 5. The smallest absolute Gasteiger partial charge is 0.229 e. The lowest BCUT2D eigenvalue weighted by molar-refractivity contribution is -0.125. The van der Waals surface area contributed by atoms with Gasteiger partial charge in [0, 0.05) is 24.2 Å². The monoisotopic (exact) mass is 554 g/mol. The van der Waals surface area contributed by atoms with Crippen LogP contribution in [0.3, 0.4) is 0 Å². The molecule has 1 aliphatic heterocycles. The molecule has 0 bridgehead atoms. The van der Waals surface area contributed by atoms with Gasteiger partial charge in [-0.3, -0.25) is 9.59 Å². The number of carbonyl (C=O) groups is 2. The van der Waals surface area contributed by atoms with Crippen LogP contribution >= 0.6 is 11.6 Å². The van der Waals surface area contributed by atoms with Crippen LogP contribution in [0.25, 0.3) is 0 Å². The number of benzene rings is 3. The molecule has 1 N–H and O–H groups in total. The van der Waals surface area contributed by atoms with Crippen molar-refractivity contribution in [1.29, 1.82) is 0 Å². The molecule has 0 aromatic heterocycles. The fourth-order valence-electron chi connectivity index (χ4n) is 4.84. The first kappa shape index (κ1) is 27.9. The summed E-state index contributed by atoms with van der Waals surface area (Å²) >= 11 is 6.28. The van der Waals surface area contributed by atoms with Crippen LogP contribution in [0.4, 0.5) is 11.4 Å². The van der Waals surface area contributed by atoms with E-state index in [9.17, 15) is 9.59 Å². The standard InChI is InChI=1S/C29H31ClN2O7/c1-35-20-9-6-17(7-10-20)27-21(29(34)31-18-8-12-23(36-2)22(30)14-18)11-13-26(33)32(27)19-15-24(37-3)28(39-5)25(16-19)38-4/h6-10,12,14-16,21,27H,11,13H2,1-5H3,(H,31,34). The lowest BCUT2D eigenvalue weighted by atomic mass is 9.83. The van der Waals surface area contributed by atoms with E-state index in [4.69, 9.17) is 35.3 Å². The second kappa shape index (κ2) is 12.2. The molecule has 1 fully saturated rings. The molecule has 0 radical (unpaired) electrons. The van der Waals surface area contributed by atoms with Crippen LogP contribution in [-0.4, -0.2) is 47.4 Å². The van der Waals surface area contributed by atoms with Crippen LogP contribution in [0.15, 0.2) is 54.6 Å². The molecule has 2 unspecified atom stereocenters. The van der Waals surface area contributed by atoms with Crippen molar-refractivity contribution in [3.63, 3.8) is 0 Å². The molecule has 10 heteroatoms. The van der Waals surface area contributed by atoms with E-state index in [2.05, 4.69) is 5.32 Å². The SMILES string of the molecule is COc1ccc(C2C(C(=O)Nc3ccc(OC)c(Cl)c3)CCC(=O)N2c2cc(OC)c(OC)c(OC)c2)cc1. The Morgan fingerprint density at radius 3 is 2.03 bits per heavy atom. The molecular formula is C29H31ClN2O7. The molecule has 1 saturated heterocycles. The summed E-state index contributed by atoms with van der Waals surface area (Å²) in [5.41, 5.74) is 1.81. The van der Waals surface area contributed by atoms with Gasteiger partial charge in [-0.1, -0.05) is 23.7 Å². The Bertz CT molecular complexity index is 1320. The zero-order valence-electron chi connectivity index (χ0n) is 22.4. The number of piperidine rings is 1. The van der Waals surface area contributed by atoms with Crippen LogP contribution in [0.1, 0.15) is 24.4 Å². The predicted octanol–water partition coefficient (Wildman–Crippen LogP) is 5.51. The minimum Gasteiger partial charge on any atom is -0.497 e. The van der Waals surface area contributed by atoms with Crippen molar-refractivity contribution in [3.8, 4) is 28.7 Å². The van der Waals surface area contributed by atoms with E-state index in [1.165, 1.54) is 28.4 Å². The number of hydrogen-bond acceptors (Lipinski definition) is 7. The van der Waals surface area contributed by atoms with Crippen LogP contribution < -0.4 is 33.9 Å². The van der Waals surface area contributed by atoms with Crippen molar-refractivity contribution in [2.75, 3.05) is 45.8 Å². The Kier molecular flexibility index (Phi) is 8.71. The van der Waals surface area contributed by atoms with E-state index in [0.29, 0.717) is 51.6 Å². The maximum atomic E-state index is 13.8. The predicted molar refractivity (Wildman–Crippen MR) is 149 cm³/mol. The molecule has 2 amide bonds. The molecular weight excluding hydrogens is 524 g/mol. The van der Waals surface area contributed by atoms with Crippen molar-refractivity contribution in [2.24, 2.45) is 5.92 Å². The van der Waals surface area contributed by atoms with Gasteiger partial charge < -0.3 is 33.9 Å². The molecule has 0 saturated carbocycles. The number of nitrogens with one attached hydrogen (secondary N) is 1. The minimum absolute atomic E-state index is 0.137. The molecule has 2 atom stereocenters. The molecule has 4 rings (SSSR count). The highest BCUT2D eigenvalue weighted by Gasteiger charge is 2.42. The summed E-state index contributed by atoms with van der Waals surface area (Å²) in [5.74, 6) is 1.39. The van der Waals surface area contributed by atoms with Crippen molar-refractivity contribution in [2.45, 2.75) is 18.9 Å². The van der Waals surface area contributed by atoms with Crippen LogP contribution in [-0.2, 0) is 9.59 Å². The molecule has 0 spiro atoms. The van der Waals surface area contributed by atoms with E-state index in [0.717, 1.165) is 5.56 Å². The second-order valence-electron chi connectivity index (χ2n) is 8.85. The summed E-state index contributed by atoms with van der Waals surface area (Å²) in [6.07, 6.45) is 0.525. The Morgan fingerprint density at radius 2 is 1.49 bits per heavy atom. The Labute approximate surface area is 232 Å². The summed E-state index contributed by atoms with van der Waals surface area (Å²) in [6, 6.07) is 15.1. The normalized spacial score (nSPS) is 16.9. The van der Waals surface area contributed by atoms with Gasteiger partial charge >= 0.3 is 0 Å². The maximum Gasteiger partial charge on any atom is 0.229 e. The number of hydrogen-bond donors (Lipinski definition) is 1. The fourth-order valence-corrected chi connectivity index (χ4v) is 5.10. The molecule has 9 nitrogen and oxygen atoms in total. The third-order valence-electron chi connectivity index (χ3n) is 6.74. The van der Waals surface area contributed by atoms with Gasteiger partial charge in [0.1, 0.15) is 11.5 Å². The molecule has 1 aliphatic rings. The van der Waals surface area contributed by atoms with E-state index in [1.54, 1.807) is 54.5 Å². The average Bonchev–Trinajstić information content (AvgIpc) is 2.96. The lowest BCUT2D eigenvalue weighted by Gasteiger charge is -2.41. The van der Waals surface area contributed by atoms with Crippen LogP contribution in [0, 0.1) is 5.92 Å². The number of anilines is 2. The summed E-state index contributed by atoms with van der Waals surface area (Å²) in [6.45, 7) is 0. The third kappa shape index (κ3) is 5.68. The summed E-state index contributed by atoms with van der Waals surface area (Å²) in [7, 11) is 7.64. The van der Waals surface area contributed by atoms with Gasteiger partial charge in [-0.2, -0.15) is 0 Å². The second-order valence-corrected chi connectivity index (χ2v) is 9.26.